The molecule has 18 heavy (non-hydrogen) atoms. The van der Waals surface area contributed by atoms with Gasteiger partial charge in [0.2, 0.25) is 0 Å². The van der Waals surface area contributed by atoms with E-state index in [0.29, 0.717) is 4.75 Å². The summed E-state index contributed by atoms with van der Waals surface area (Å²) in [5.41, 5.74) is 1.44. The molecule has 0 spiro atoms. The Morgan fingerprint density at radius 1 is 1.33 bits per heavy atom. The van der Waals surface area contributed by atoms with Crippen molar-refractivity contribution in [2.24, 2.45) is 0 Å². The minimum atomic E-state index is 0.610. The van der Waals surface area contributed by atoms with Gasteiger partial charge in [-0.05, 0) is 58.9 Å². The van der Waals surface area contributed by atoms with E-state index >= 15 is 0 Å². The first-order valence-corrected chi connectivity index (χ1v) is 8.50. The molecular weight excluding hydrogens is 240 g/mol. The molecule has 1 aliphatic heterocycles. The quantitative estimate of drug-likeness (QED) is 0.746. The molecule has 1 N–H and O–H groups in total. The van der Waals surface area contributed by atoms with Crippen LogP contribution in [0.4, 0.5) is 0 Å². The molecule has 104 valence electrons. The molecule has 0 aromatic heterocycles. The number of hydrogen-bond donors (Lipinski definition) is 1. The molecule has 0 aromatic rings. The molecule has 1 saturated heterocycles. The van der Waals surface area contributed by atoms with Crippen molar-refractivity contribution in [3.05, 3.63) is 11.6 Å². The Bertz CT molecular complexity index is 285. The Balaban J connectivity index is 1.63. The van der Waals surface area contributed by atoms with Crippen molar-refractivity contribution in [3.63, 3.8) is 0 Å². The fraction of sp³-hybridized carbons (Fsp3) is 0.867. The molecule has 1 saturated carbocycles. The van der Waals surface area contributed by atoms with Crippen molar-refractivity contribution in [2.45, 2.75) is 50.3 Å². The molecule has 0 amide bonds. The van der Waals surface area contributed by atoms with E-state index < -0.39 is 0 Å². The Kier molecular flexibility index (Phi) is 5.16. The third kappa shape index (κ3) is 4.29. The second-order valence-electron chi connectivity index (χ2n) is 6.12. The summed E-state index contributed by atoms with van der Waals surface area (Å²) in [4.78, 5) is 2.58. The van der Waals surface area contributed by atoms with Crippen LogP contribution in [-0.2, 0) is 0 Å². The highest BCUT2D eigenvalue weighted by Gasteiger charge is 2.41. The third-order valence-corrected chi connectivity index (χ3v) is 5.72. The first-order valence-electron chi connectivity index (χ1n) is 7.28. The minimum absolute atomic E-state index is 0.610. The SMILES string of the molecule is CSC1(CNC2CCN(CC=C(C)C)CC2)CC1. The lowest BCUT2D eigenvalue weighted by Gasteiger charge is -2.32. The van der Waals surface area contributed by atoms with Crippen LogP contribution in [0, 0.1) is 0 Å². The van der Waals surface area contributed by atoms with Crippen molar-refractivity contribution in [1.29, 1.82) is 0 Å². The number of allylic oxidation sites excluding steroid dienone is 1. The predicted molar refractivity (Wildman–Crippen MR) is 82.4 cm³/mol. The monoisotopic (exact) mass is 268 g/mol. The first-order chi connectivity index (χ1) is 8.63. The van der Waals surface area contributed by atoms with Crippen molar-refractivity contribution in [2.75, 3.05) is 32.4 Å². The van der Waals surface area contributed by atoms with Crippen LogP contribution in [0.25, 0.3) is 0 Å². The summed E-state index contributed by atoms with van der Waals surface area (Å²) < 4.78 is 0.610. The molecular formula is C15H28N2S. The zero-order chi connectivity index (χ0) is 13.0. The van der Waals surface area contributed by atoms with Crippen molar-refractivity contribution in [1.82, 2.24) is 10.2 Å². The van der Waals surface area contributed by atoms with E-state index in [0.717, 1.165) is 12.6 Å². The normalized spacial score (nSPS) is 23.9. The van der Waals surface area contributed by atoms with Crippen molar-refractivity contribution >= 4 is 11.8 Å². The van der Waals surface area contributed by atoms with Gasteiger partial charge in [0.1, 0.15) is 0 Å². The molecule has 2 nitrogen and oxygen atoms in total. The lowest BCUT2D eigenvalue weighted by atomic mass is 10.0. The maximum atomic E-state index is 3.80. The van der Waals surface area contributed by atoms with Gasteiger partial charge in [-0.1, -0.05) is 11.6 Å². The van der Waals surface area contributed by atoms with Gasteiger partial charge in [-0.2, -0.15) is 11.8 Å². The highest BCUT2D eigenvalue weighted by Crippen LogP contribution is 2.46. The predicted octanol–water partition coefficient (Wildman–Crippen LogP) is 2.90. The highest BCUT2D eigenvalue weighted by molar-refractivity contribution is 8.00. The third-order valence-electron chi connectivity index (χ3n) is 4.30. The van der Waals surface area contributed by atoms with Crippen molar-refractivity contribution < 1.29 is 0 Å². The zero-order valence-corrected chi connectivity index (χ0v) is 13.0. The van der Waals surface area contributed by atoms with Crippen LogP contribution >= 0.6 is 11.8 Å². The summed E-state index contributed by atoms with van der Waals surface area (Å²) in [5, 5.41) is 3.80. The maximum Gasteiger partial charge on any atom is 0.0282 e. The summed E-state index contributed by atoms with van der Waals surface area (Å²) in [5.74, 6) is 0. The summed E-state index contributed by atoms with van der Waals surface area (Å²) in [6.45, 7) is 9.26. The van der Waals surface area contributed by atoms with Gasteiger partial charge < -0.3 is 5.32 Å². The van der Waals surface area contributed by atoms with Gasteiger partial charge >= 0.3 is 0 Å². The summed E-state index contributed by atoms with van der Waals surface area (Å²) in [6, 6.07) is 0.762. The summed E-state index contributed by atoms with van der Waals surface area (Å²) in [6.07, 6.45) is 10.1. The molecule has 2 rings (SSSR count). The molecule has 0 bridgehead atoms. The van der Waals surface area contributed by atoms with Gasteiger partial charge in [-0.15, -0.1) is 0 Å². The second kappa shape index (κ2) is 6.44. The number of rotatable bonds is 6. The lowest BCUT2D eigenvalue weighted by molar-refractivity contribution is 0.215. The largest absolute Gasteiger partial charge is 0.313 e. The molecule has 1 heterocycles. The average molecular weight is 268 g/mol. The number of thioether (sulfide) groups is 1. The van der Waals surface area contributed by atoms with Gasteiger partial charge in [-0.25, -0.2) is 0 Å². The van der Waals surface area contributed by atoms with Crippen LogP contribution < -0.4 is 5.32 Å². The molecule has 1 aliphatic carbocycles. The van der Waals surface area contributed by atoms with Crippen LogP contribution in [0.2, 0.25) is 0 Å². The number of hydrogen-bond acceptors (Lipinski definition) is 3. The molecule has 3 heteroatoms. The minimum Gasteiger partial charge on any atom is -0.313 e. The van der Waals surface area contributed by atoms with E-state index in [1.165, 1.54) is 50.9 Å². The summed E-state index contributed by atoms with van der Waals surface area (Å²) in [7, 11) is 0. The van der Waals surface area contributed by atoms with Gasteiger partial charge in [0.15, 0.2) is 0 Å². The number of nitrogens with one attached hydrogen (secondary N) is 1. The Morgan fingerprint density at radius 2 is 2.00 bits per heavy atom. The fourth-order valence-corrected chi connectivity index (χ4v) is 3.29. The van der Waals surface area contributed by atoms with Gasteiger partial charge in [0.05, 0.1) is 0 Å². The average Bonchev–Trinajstić information content (AvgIpc) is 3.16. The smallest absolute Gasteiger partial charge is 0.0282 e. The second-order valence-corrected chi connectivity index (χ2v) is 7.40. The topological polar surface area (TPSA) is 15.3 Å². The lowest BCUT2D eigenvalue weighted by Crippen LogP contribution is -2.44. The molecule has 2 fully saturated rings. The van der Waals surface area contributed by atoms with Gasteiger partial charge in [0, 0.05) is 23.9 Å². The Hall–Kier alpha value is 0.0100. The van der Waals surface area contributed by atoms with Crippen LogP contribution in [0.5, 0.6) is 0 Å². The van der Waals surface area contributed by atoms with E-state index in [9.17, 15) is 0 Å². The standard InChI is InChI=1S/C15H28N2S/c1-13(2)4-9-17-10-5-14(6-11-17)16-12-15(18-3)7-8-15/h4,14,16H,5-12H2,1-3H3. The molecule has 2 aliphatic rings. The van der Waals surface area contributed by atoms with Gasteiger partial charge in [-0.3, -0.25) is 4.90 Å². The van der Waals surface area contributed by atoms with Crippen LogP contribution in [0.15, 0.2) is 11.6 Å². The van der Waals surface area contributed by atoms with Crippen LogP contribution in [-0.4, -0.2) is 48.1 Å². The first kappa shape index (κ1) is 14.4. The van der Waals surface area contributed by atoms with Gasteiger partial charge in [0.25, 0.3) is 0 Å². The molecule has 0 radical (unpaired) electrons. The van der Waals surface area contributed by atoms with E-state index in [2.05, 4.69) is 48.2 Å². The number of piperidine rings is 1. The molecule has 0 unspecified atom stereocenters. The molecule has 0 aromatic carbocycles. The highest BCUT2D eigenvalue weighted by atomic mass is 32.2. The zero-order valence-electron chi connectivity index (χ0n) is 12.2. The van der Waals surface area contributed by atoms with Crippen molar-refractivity contribution in [3.8, 4) is 0 Å². The van der Waals surface area contributed by atoms with Crippen LogP contribution in [0.1, 0.15) is 39.5 Å². The Morgan fingerprint density at radius 3 is 2.50 bits per heavy atom. The molecule has 0 atom stereocenters. The van der Waals surface area contributed by atoms with E-state index in [-0.39, 0.29) is 0 Å². The van der Waals surface area contributed by atoms with E-state index in [1.54, 1.807) is 0 Å². The van der Waals surface area contributed by atoms with E-state index in [1.807, 2.05) is 0 Å². The van der Waals surface area contributed by atoms with E-state index in [4.69, 9.17) is 0 Å². The van der Waals surface area contributed by atoms with Crippen LogP contribution in [0.3, 0.4) is 0 Å². The number of likely N-dealkylation sites (tertiary alicyclic amines) is 1. The maximum absolute atomic E-state index is 3.80. The number of nitrogens with zero attached hydrogens (tertiary/aromatic N) is 1. The summed E-state index contributed by atoms with van der Waals surface area (Å²) >= 11 is 2.06. The Labute approximate surface area is 117 Å². The fourth-order valence-electron chi connectivity index (χ4n) is 2.55.